The van der Waals surface area contributed by atoms with Crippen molar-refractivity contribution in [1.29, 1.82) is 0 Å². The van der Waals surface area contributed by atoms with Crippen LogP contribution in [0.1, 0.15) is 17.0 Å². The molecule has 1 aromatic heterocycles. The number of aromatic nitrogens is 2. The van der Waals surface area contributed by atoms with Gasteiger partial charge in [-0.05, 0) is 6.92 Å². The van der Waals surface area contributed by atoms with Gasteiger partial charge in [-0.3, -0.25) is 9.48 Å². The monoisotopic (exact) mass is 401 g/mol. The predicted molar refractivity (Wildman–Crippen MR) is 94.4 cm³/mol. The number of alkyl halides is 3. The molecule has 2 heterocycles. The van der Waals surface area contributed by atoms with E-state index in [-0.39, 0.29) is 18.1 Å². The molecule has 1 aliphatic rings. The Balaban J connectivity index is 1.57. The summed E-state index contributed by atoms with van der Waals surface area (Å²) in [5.74, 6) is -0.246. The minimum atomic E-state index is -4.64. The standard InChI is InChI=1S/C18H20ClF3N4O/c1-13-16(19)17(18(20,21)22)23-26(13)12-15(27)25-9-7-24(8-10-25)11-14-5-3-2-4-6-14/h2-6H,7-12H2,1H3/p+1. The van der Waals surface area contributed by atoms with Crippen molar-refractivity contribution in [3.63, 3.8) is 0 Å². The molecule has 0 bridgehead atoms. The van der Waals surface area contributed by atoms with Crippen LogP contribution < -0.4 is 4.90 Å². The maximum absolute atomic E-state index is 12.9. The van der Waals surface area contributed by atoms with Crippen molar-refractivity contribution in [2.45, 2.75) is 26.2 Å². The van der Waals surface area contributed by atoms with Crippen molar-refractivity contribution in [2.24, 2.45) is 0 Å². The van der Waals surface area contributed by atoms with E-state index < -0.39 is 16.9 Å². The van der Waals surface area contributed by atoms with Gasteiger partial charge in [0.15, 0.2) is 5.69 Å². The summed E-state index contributed by atoms with van der Waals surface area (Å²) in [4.78, 5) is 15.5. The molecule has 0 saturated carbocycles. The Hall–Kier alpha value is -2.06. The van der Waals surface area contributed by atoms with Gasteiger partial charge in [-0.2, -0.15) is 18.3 Å². The third kappa shape index (κ3) is 4.62. The lowest BCUT2D eigenvalue weighted by Gasteiger charge is -2.32. The highest BCUT2D eigenvalue weighted by atomic mass is 35.5. The van der Waals surface area contributed by atoms with E-state index in [4.69, 9.17) is 11.6 Å². The highest BCUT2D eigenvalue weighted by Crippen LogP contribution is 2.35. The van der Waals surface area contributed by atoms with Crippen molar-refractivity contribution in [2.75, 3.05) is 26.2 Å². The van der Waals surface area contributed by atoms with Crippen molar-refractivity contribution in [3.05, 3.63) is 52.3 Å². The first-order chi connectivity index (χ1) is 12.8. The molecule has 0 radical (unpaired) electrons. The minimum absolute atomic E-state index is 0.144. The largest absolute Gasteiger partial charge is 0.436 e. The average Bonchev–Trinajstić information content (AvgIpc) is 2.92. The summed E-state index contributed by atoms with van der Waals surface area (Å²) in [6.45, 7) is 4.82. The number of nitrogens with one attached hydrogen (secondary N) is 1. The van der Waals surface area contributed by atoms with Crippen LogP contribution in [0.3, 0.4) is 0 Å². The number of hydrogen-bond donors (Lipinski definition) is 1. The van der Waals surface area contributed by atoms with Crippen LogP contribution in [-0.4, -0.2) is 46.8 Å². The lowest BCUT2D eigenvalue weighted by Crippen LogP contribution is -3.13. The number of carbonyl (C=O) groups is 1. The summed E-state index contributed by atoms with van der Waals surface area (Å²) >= 11 is 5.73. The molecule has 9 heteroatoms. The Morgan fingerprint density at radius 2 is 1.85 bits per heavy atom. The zero-order chi connectivity index (χ0) is 19.6. The van der Waals surface area contributed by atoms with E-state index in [2.05, 4.69) is 17.2 Å². The van der Waals surface area contributed by atoms with Crippen molar-refractivity contribution >= 4 is 17.5 Å². The van der Waals surface area contributed by atoms with E-state index in [1.54, 1.807) is 4.90 Å². The fourth-order valence-electron chi connectivity index (χ4n) is 3.22. The molecule has 0 unspecified atom stereocenters. The van der Waals surface area contributed by atoms with Crippen LogP contribution in [0.25, 0.3) is 0 Å². The zero-order valence-electron chi connectivity index (χ0n) is 14.9. The molecule has 3 rings (SSSR count). The molecule has 1 aliphatic heterocycles. The summed E-state index contributed by atoms with van der Waals surface area (Å²) < 4.78 is 39.7. The van der Waals surface area contributed by atoms with E-state index in [1.807, 2.05) is 18.2 Å². The Morgan fingerprint density at radius 1 is 1.22 bits per heavy atom. The number of carbonyl (C=O) groups excluding carboxylic acids is 1. The second-order valence-electron chi connectivity index (χ2n) is 6.70. The third-order valence-corrected chi connectivity index (χ3v) is 5.26. The lowest BCUT2D eigenvalue weighted by atomic mass is 10.2. The summed E-state index contributed by atoms with van der Waals surface area (Å²) in [5, 5.41) is 3.04. The highest BCUT2D eigenvalue weighted by Gasteiger charge is 2.38. The molecule has 1 aromatic carbocycles. The highest BCUT2D eigenvalue weighted by molar-refractivity contribution is 6.32. The molecule has 5 nitrogen and oxygen atoms in total. The van der Waals surface area contributed by atoms with Gasteiger partial charge in [0.1, 0.15) is 13.1 Å². The first-order valence-electron chi connectivity index (χ1n) is 8.71. The van der Waals surface area contributed by atoms with E-state index >= 15 is 0 Å². The van der Waals surface area contributed by atoms with Gasteiger partial charge in [0.05, 0.1) is 36.9 Å². The topological polar surface area (TPSA) is 42.6 Å². The van der Waals surface area contributed by atoms with Crippen LogP contribution in [-0.2, 0) is 24.1 Å². The Bertz CT molecular complexity index is 799. The number of hydrogen-bond acceptors (Lipinski definition) is 2. The first-order valence-corrected chi connectivity index (χ1v) is 9.09. The number of amides is 1. The number of benzene rings is 1. The van der Waals surface area contributed by atoms with Crippen LogP contribution in [0.4, 0.5) is 13.2 Å². The molecule has 1 saturated heterocycles. The smallest absolute Gasteiger partial charge is 0.330 e. The van der Waals surface area contributed by atoms with Crippen molar-refractivity contribution in [1.82, 2.24) is 14.7 Å². The molecule has 0 aliphatic carbocycles. The van der Waals surface area contributed by atoms with E-state index in [1.165, 1.54) is 17.4 Å². The van der Waals surface area contributed by atoms with E-state index in [9.17, 15) is 18.0 Å². The van der Waals surface area contributed by atoms with Gasteiger partial charge >= 0.3 is 6.18 Å². The molecule has 1 amide bonds. The van der Waals surface area contributed by atoms with Gasteiger partial charge in [0, 0.05) is 5.56 Å². The first kappa shape index (κ1) is 19.7. The molecule has 0 spiro atoms. The number of quaternary nitrogens is 1. The number of rotatable bonds is 4. The predicted octanol–water partition coefficient (Wildman–Crippen LogP) is 1.79. The maximum Gasteiger partial charge on any atom is 0.436 e. The second-order valence-corrected chi connectivity index (χ2v) is 7.07. The minimum Gasteiger partial charge on any atom is -0.330 e. The van der Waals surface area contributed by atoms with Crippen LogP contribution >= 0.6 is 11.6 Å². The van der Waals surface area contributed by atoms with Gasteiger partial charge < -0.3 is 9.80 Å². The summed E-state index contributed by atoms with van der Waals surface area (Å²) in [7, 11) is 0. The van der Waals surface area contributed by atoms with Gasteiger partial charge in [0.25, 0.3) is 0 Å². The zero-order valence-corrected chi connectivity index (χ0v) is 15.6. The van der Waals surface area contributed by atoms with Crippen LogP contribution in [0, 0.1) is 6.92 Å². The Labute approximate surface area is 160 Å². The molecule has 1 fully saturated rings. The SMILES string of the molecule is Cc1c(Cl)c(C(F)(F)F)nn1CC(=O)N1CC[NH+](Cc2ccccc2)CC1. The number of halogens is 4. The quantitative estimate of drug-likeness (QED) is 0.848. The summed E-state index contributed by atoms with van der Waals surface area (Å²) in [6, 6.07) is 10.1. The second kappa shape index (κ2) is 7.90. The molecule has 2 aromatic rings. The Kier molecular flexibility index (Phi) is 5.76. The van der Waals surface area contributed by atoms with E-state index in [0.29, 0.717) is 13.1 Å². The molecule has 146 valence electrons. The average molecular weight is 402 g/mol. The summed E-state index contributed by atoms with van der Waals surface area (Å²) in [6.07, 6.45) is -4.64. The molecule has 27 heavy (non-hydrogen) atoms. The lowest BCUT2D eigenvalue weighted by molar-refractivity contribution is -0.917. The molecular formula is C18H21ClF3N4O+. The fourth-order valence-corrected chi connectivity index (χ4v) is 3.46. The van der Waals surface area contributed by atoms with Gasteiger partial charge in [0.2, 0.25) is 5.91 Å². The molecular weight excluding hydrogens is 381 g/mol. The van der Waals surface area contributed by atoms with E-state index in [0.717, 1.165) is 24.3 Å². The Morgan fingerprint density at radius 3 is 2.41 bits per heavy atom. The van der Waals surface area contributed by atoms with Crippen molar-refractivity contribution in [3.8, 4) is 0 Å². The molecule has 1 N–H and O–H groups in total. The van der Waals surface area contributed by atoms with Crippen LogP contribution in [0.15, 0.2) is 30.3 Å². The molecule has 0 atom stereocenters. The summed E-state index contributed by atoms with van der Waals surface area (Å²) in [5.41, 5.74) is 0.242. The third-order valence-electron chi connectivity index (χ3n) is 4.81. The van der Waals surface area contributed by atoms with Crippen molar-refractivity contribution < 1.29 is 22.9 Å². The van der Waals surface area contributed by atoms with Gasteiger partial charge in [-0.15, -0.1) is 0 Å². The van der Waals surface area contributed by atoms with Gasteiger partial charge in [-0.1, -0.05) is 41.9 Å². The normalized spacial score (nSPS) is 16.0. The van der Waals surface area contributed by atoms with Gasteiger partial charge in [-0.25, -0.2) is 0 Å². The van der Waals surface area contributed by atoms with Crippen LogP contribution in [0.2, 0.25) is 5.02 Å². The van der Waals surface area contributed by atoms with Crippen LogP contribution in [0.5, 0.6) is 0 Å². The fraction of sp³-hybridized carbons (Fsp3) is 0.444. The maximum atomic E-state index is 12.9. The number of piperazine rings is 1. The number of nitrogens with zero attached hydrogens (tertiary/aromatic N) is 3.